The smallest absolute Gasteiger partial charge is 0.258 e. The zero-order chi connectivity index (χ0) is 16.8. The van der Waals surface area contributed by atoms with Gasteiger partial charge in [0.15, 0.2) is 11.6 Å². The van der Waals surface area contributed by atoms with Crippen molar-refractivity contribution in [1.82, 2.24) is 15.2 Å². The number of pyridine rings is 1. The zero-order valence-corrected chi connectivity index (χ0v) is 12.5. The molecule has 0 saturated heterocycles. The molecule has 1 amide bonds. The Bertz CT molecular complexity index is 887. The molecule has 0 saturated carbocycles. The molecule has 0 spiro atoms. The van der Waals surface area contributed by atoms with Gasteiger partial charge in [-0.2, -0.15) is 5.26 Å². The fourth-order valence-corrected chi connectivity index (χ4v) is 1.97. The number of nitriles is 1. The van der Waals surface area contributed by atoms with E-state index in [1.807, 2.05) is 6.07 Å². The van der Waals surface area contributed by atoms with E-state index in [2.05, 4.69) is 31.9 Å². The summed E-state index contributed by atoms with van der Waals surface area (Å²) in [5.74, 6) is 0.532. The normalized spacial score (nSPS) is 9.79. The summed E-state index contributed by atoms with van der Waals surface area (Å²) in [4.78, 5) is 15.9. The molecule has 3 aromatic rings. The first-order valence-electron chi connectivity index (χ1n) is 7.07. The maximum atomic E-state index is 12.0. The molecule has 116 valence electrons. The number of hydrogen-bond acceptors (Lipinski definition) is 6. The number of rotatable bonds is 4. The minimum Gasteiger partial charge on any atom is -0.339 e. The third-order valence-electron chi connectivity index (χ3n) is 3.09. The maximum Gasteiger partial charge on any atom is 0.258 e. The van der Waals surface area contributed by atoms with Crippen LogP contribution >= 0.6 is 0 Å². The molecule has 0 atom stereocenters. The highest BCUT2D eigenvalue weighted by Gasteiger charge is 2.07. The molecule has 0 aliphatic carbocycles. The Morgan fingerprint density at radius 2 is 1.88 bits per heavy atom. The summed E-state index contributed by atoms with van der Waals surface area (Å²) in [5, 5.41) is 22.5. The first-order chi connectivity index (χ1) is 11.7. The fraction of sp³-hybridized carbons (Fsp3) is 0. The molecule has 3 rings (SSSR count). The molecule has 7 nitrogen and oxygen atoms in total. The Kier molecular flexibility index (Phi) is 4.40. The number of anilines is 3. The molecular weight excluding hydrogens is 304 g/mol. The van der Waals surface area contributed by atoms with Crippen LogP contribution in [0.15, 0.2) is 60.9 Å². The van der Waals surface area contributed by atoms with Crippen molar-refractivity contribution in [1.29, 1.82) is 5.26 Å². The molecule has 2 aromatic heterocycles. The number of carbonyl (C=O) groups is 1. The van der Waals surface area contributed by atoms with Crippen LogP contribution < -0.4 is 10.6 Å². The van der Waals surface area contributed by atoms with Crippen LogP contribution in [0.3, 0.4) is 0 Å². The summed E-state index contributed by atoms with van der Waals surface area (Å²) in [6.07, 6.45) is 3.07. The Morgan fingerprint density at radius 3 is 2.58 bits per heavy atom. The Labute approximate surface area is 138 Å². The highest BCUT2D eigenvalue weighted by Crippen LogP contribution is 2.16. The lowest BCUT2D eigenvalue weighted by atomic mass is 10.2. The van der Waals surface area contributed by atoms with Crippen LogP contribution in [0.2, 0.25) is 0 Å². The van der Waals surface area contributed by atoms with Crippen LogP contribution in [0.4, 0.5) is 17.3 Å². The summed E-state index contributed by atoms with van der Waals surface area (Å²) in [6.45, 7) is 0. The standard InChI is InChI=1S/C17H12N6O/c18-10-12-3-1-5-14(9-12)20-15-6-7-16(23-22-15)21-17(24)13-4-2-8-19-11-13/h1-9,11H,(H,20,22)(H,21,23,24). The predicted molar refractivity (Wildman–Crippen MR) is 88.7 cm³/mol. The minimum absolute atomic E-state index is 0.306. The Morgan fingerprint density at radius 1 is 1.04 bits per heavy atom. The molecule has 0 unspecified atom stereocenters. The van der Waals surface area contributed by atoms with E-state index in [0.29, 0.717) is 22.8 Å². The first kappa shape index (κ1) is 15.1. The van der Waals surface area contributed by atoms with E-state index < -0.39 is 0 Å². The van der Waals surface area contributed by atoms with Crippen LogP contribution in [0.5, 0.6) is 0 Å². The van der Waals surface area contributed by atoms with Gasteiger partial charge < -0.3 is 10.6 Å². The number of amides is 1. The molecule has 0 fully saturated rings. The van der Waals surface area contributed by atoms with E-state index in [1.165, 1.54) is 6.20 Å². The van der Waals surface area contributed by atoms with E-state index >= 15 is 0 Å². The summed E-state index contributed by atoms with van der Waals surface area (Å²) in [5.41, 5.74) is 1.72. The van der Waals surface area contributed by atoms with Crippen LogP contribution in [0.25, 0.3) is 0 Å². The van der Waals surface area contributed by atoms with Gasteiger partial charge in [0, 0.05) is 18.1 Å². The number of aromatic nitrogens is 3. The molecule has 0 radical (unpaired) electrons. The average molecular weight is 316 g/mol. The Balaban J connectivity index is 1.67. The van der Waals surface area contributed by atoms with Gasteiger partial charge in [0.2, 0.25) is 0 Å². The average Bonchev–Trinajstić information content (AvgIpc) is 2.64. The molecule has 0 bridgehead atoms. The molecule has 2 N–H and O–H groups in total. The first-order valence-corrected chi connectivity index (χ1v) is 7.07. The van der Waals surface area contributed by atoms with Gasteiger partial charge in [0.1, 0.15) is 0 Å². The predicted octanol–water partition coefficient (Wildman–Crippen LogP) is 2.74. The lowest BCUT2D eigenvalue weighted by molar-refractivity contribution is 0.102. The molecule has 1 aromatic carbocycles. The molecule has 2 heterocycles. The van der Waals surface area contributed by atoms with Gasteiger partial charge in [-0.25, -0.2) is 0 Å². The van der Waals surface area contributed by atoms with Crippen LogP contribution in [0, 0.1) is 11.3 Å². The topological polar surface area (TPSA) is 104 Å². The fourth-order valence-electron chi connectivity index (χ4n) is 1.97. The van der Waals surface area contributed by atoms with Crippen molar-refractivity contribution >= 4 is 23.2 Å². The lowest BCUT2D eigenvalue weighted by Crippen LogP contribution is -2.13. The van der Waals surface area contributed by atoms with Crippen LogP contribution in [-0.4, -0.2) is 21.1 Å². The summed E-state index contributed by atoms with van der Waals surface area (Å²) >= 11 is 0. The molecule has 0 aliphatic heterocycles. The third kappa shape index (κ3) is 3.69. The van der Waals surface area contributed by atoms with Crippen molar-refractivity contribution < 1.29 is 4.79 Å². The SMILES string of the molecule is N#Cc1cccc(Nc2ccc(NC(=O)c3cccnc3)nn2)c1. The summed E-state index contributed by atoms with van der Waals surface area (Å²) in [6, 6.07) is 15.8. The second kappa shape index (κ2) is 6.98. The lowest BCUT2D eigenvalue weighted by Gasteiger charge is -2.07. The second-order valence-corrected chi connectivity index (χ2v) is 4.82. The third-order valence-corrected chi connectivity index (χ3v) is 3.09. The van der Waals surface area contributed by atoms with Crippen molar-refractivity contribution in [3.8, 4) is 6.07 Å². The van der Waals surface area contributed by atoms with Gasteiger partial charge >= 0.3 is 0 Å². The number of carbonyl (C=O) groups excluding carboxylic acids is 1. The van der Waals surface area contributed by atoms with Gasteiger partial charge in [-0.3, -0.25) is 9.78 Å². The number of hydrogen-bond donors (Lipinski definition) is 2. The summed E-state index contributed by atoms with van der Waals surface area (Å²) < 4.78 is 0. The summed E-state index contributed by atoms with van der Waals surface area (Å²) in [7, 11) is 0. The number of benzene rings is 1. The molecular formula is C17H12N6O. The van der Waals surface area contributed by atoms with E-state index in [-0.39, 0.29) is 5.91 Å². The minimum atomic E-state index is -0.306. The molecule has 7 heteroatoms. The number of nitrogens with one attached hydrogen (secondary N) is 2. The van der Waals surface area contributed by atoms with Crippen molar-refractivity contribution in [2.45, 2.75) is 0 Å². The van der Waals surface area contributed by atoms with E-state index in [0.717, 1.165) is 5.69 Å². The Hall–Kier alpha value is -3.79. The van der Waals surface area contributed by atoms with Gasteiger partial charge in [-0.1, -0.05) is 6.07 Å². The second-order valence-electron chi connectivity index (χ2n) is 4.82. The van der Waals surface area contributed by atoms with Crippen LogP contribution in [0.1, 0.15) is 15.9 Å². The van der Waals surface area contributed by atoms with E-state index in [1.54, 1.807) is 48.7 Å². The quantitative estimate of drug-likeness (QED) is 0.767. The highest BCUT2D eigenvalue weighted by atomic mass is 16.1. The monoisotopic (exact) mass is 316 g/mol. The van der Waals surface area contributed by atoms with E-state index in [4.69, 9.17) is 5.26 Å². The highest BCUT2D eigenvalue weighted by molar-refractivity contribution is 6.03. The van der Waals surface area contributed by atoms with Gasteiger partial charge in [0.05, 0.1) is 17.2 Å². The zero-order valence-electron chi connectivity index (χ0n) is 12.5. The van der Waals surface area contributed by atoms with Crippen molar-refractivity contribution in [3.05, 3.63) is 72.1 Å². The molecule has 0 aliphatic rings. The molecule has 24 heavy (non-hydrogen) atoms. The van der Waals surface area contributed by atoms with Crippen LogP contribution in [-0.2, 0) is 0 Å². The number of nitrogens with zero attached hydrogens (tertiary/aromatic N) is 4. The largest absolute Gasteiger partial charge is 0.339 e. The van der Waals surface area contributed by atoms with Crippen molar-refractivity contribution in [3.63, 3.8) is 0 Å². The van der Waals surface area contributed by atoms with E-state index in [9.17, 15) is 4.79 Å². The van der Waals surface area contributed by atoms with Crippen molar-refractivity contribution in [2.75, 3.05) is 10.6 Å². The maximum absolute atomic E-state index is 12.0. The van der Waals surface area contributed by atoms with Gasteiger partial charge in [-0.15, -0.1) is 10.2 Å². The van der Waals surface area contributed by atoms with Crippen molar-refractivity contribution in [2.24, 2.45) is 0 Å². The van der Waals surface area contributed by atoms with Gasteiger partial charge in [0.25, 0.3) is 5.91 Å². The van der Waals surface area contributed by atoms with Gasteiger partial charge in [-0.05, 0) is 42.5 Å².